The Labute approximate surface area is 175 Å². The van der Waals surface area contributed by atoms with Gasteiger partial charge in [0.15, 0.2) is 5.58 Å². The number of aromatic nitrogens is 1. The van der Waals surface area contributed by atoms with Gasteiger partial charge in [-0.15, -0.1) is 0 Å². The number of amides is 1. The molecular formula is C21H15ClN2O2S2. The van der Waals surface area contributed by atoms with E-state index < -0.39 is 0 Å². The standard InChI is InChI=1S/C21H15ClN2O2S2/c22-14-10-11-18-17(12-14)24-21(26-18)27-13-20(25)23-16-8-4-5-9-19(16)28-15-6-2-1-3-7-15/h1-12H,13H2,(H,23,25). The number of halogens is 1. The van der Waals surface area contributed by atoms with Crippen molar-refractivity contribution in [1.82, 2.24) is 4.98 Å². The number of rotatable bonds is 6. The summed E-state index contributed by atoms with van der Waals surface area (Å²) in [5, 5.41) is 4.02. The third-order valence-electron chi connectivity index (χ3n) is 3.79. The summed E-state index contributed by atoms with van der Waals surface area (Å²) >= 11 is 8.82. The van der Waals surface area contributed by atoms with E-state index in [1.54, 1.807) is 30.0 Å². The van der Waals surface area contributed by atoms with Gasteiger partial charge in [-0.2, -0.15) is 0 Å². The molecule has 1 amide bonds. The zero-order valence-corrected chi connectivity index (χ0v) is 17.0. The van der Waals surface area contributed by atoms with Crippen molar-refractivity contribution in [2.24, 2.45) is 0 Å². The summed E-state index contributed by atoms with van der Waals surface area (Å²) in [6, 6.07) is 23.1. The molecule has 0 fully saturated rings. The Morgan fingerprint density at radius 2 is 1.82 bits per heavy atom. The van der Waals surface area contributed by atoms with Crippen LogP contribution in [0.5, 0.6) is 0 Å². The number of carbonyl (C=O) groups is 1. The van der Waals surface area contributed by atoms with Gasteiger partial charge < -0.3 is 9.73 Å². The predicted molar refractivity (Wildman–Crippen MR) is 115 cm³/mol. The number of anilines is 1. The van der Waals surface area contributed by atoms with E-state index in [2.05, 4.69) is 10.3 Å². The number of hydrogen-bond donors (Lipinski definition) is 1. The van der Waals surface area contributed by atoms with Gasteiger partial charge in [0, 0.05) is 14.8 Å². The molecule has 0 atom stereocenters. The lowest BCUT2D eigenvalue weighted by atomic mass is 10.3. The van der Waals surface area contributed by atoms with Crippen molar-refractivity contribution in [1.29, 1.82) is 0 Å². The molecule has 0 aliphatic heterocycles. The molecule has 0 saturated carbocycles. The number of para-hydroxylation sites is 1. The van der Waals surface area contributed by atoms with E-state index in [0.29, 0.717) is 21.3 Å². The van der Waals surface area contributed by atoms with Gasteiger partial charge in [-0.05, 0) is 42.5 Å². The maximum Gasteiger partial charge on any atom is 0.257 e. The third-order valence-corrected chi connectivity index (χ3v) is 5.94. The summed E-state index contributed by atoms with van der Waals surface area (Å²) in [7, 11) is 0. The molecule has 4 aromatic rings. The van der Waals surface area contributed by atoms with Gasteiger partial charge in [0.1, 0.15) is 5.52 Å². The molecule has 28 heavy (non-hydrogen) atoms. The second-order valence-electron chi connectivity index (χ2n) is 5.84. The molecule has 140 valence electrons. The van der Waals surface area contributed by atoms with Crippen molar-refractivity contribution in [3.8, 4) is 0 Å². The molecule has 0 aliphatic rings. The minimum atomic E-state index is -0.119. The fraction of sp³-hybridized carbons (Fsp3) is 0.0476. The SMILES string of the molecule is O=C(CSc1nc2cc(Cl)ccc2o1)Nc1ccccc1Sc1ccccc1. The van der Waals surface area contributed by atoms with Crippen molar-refractivity contribution >= 4 is 57.8 Å². The molecular weight excluding hydrogens is 412 g/mol. The summed E-state index contributed by atoms with van der Waals surface area (Å²) in [5.74, 6) is 0.0802. The quantitative estimate of drug-likeness (QED) is 0.363. The molecule has 0 radical (unpaired) electrons. The van der Waals surface area contributed by atoms with E-state index in [1.807, 2.05) is 54.6 Å². The van der Waals surface area contributed by atoms with Gasteiger partial charge in [-0.3, -0.25) is 4.79 Å². The van der Waals surface area contributed by atoms with Crippen molar-refractivity contribution in [2.75, 3.05) is 11.1 Å². The Morgan fingerprint density at radius 1 is 1.04 bits per heavy atom. The van der Waals surface area contributed by atoms with Gasteiger partial charge in [-0.25, -0.2) is 4.98 Å². The molecule has 3 aromatic carbocycles. The molecule has 0 saturated heterocycles. The number of hydrogen-bond acceptors (Lipinski definition) is 5. The van der Waals surface area contributed by atoms with Crippen LogP contribution in [0.15, 0.2) is 92.2 Å². The Kier molecular flexibility index (Phi) is 5.90. The average Bonchev–Trinajstić information content (AvgIpc) is 3.11. The fourth-order valence-corrected chi connectivity index (χ4v) is 4.26. The van der Waals surface area contributed by atoms with Crippen LogP contribution in [0, 0.1) is 0 Å². The lowest BCUT2D eigenvalue weighted by Crippen LogP contribution is -2.14. The van der Waals surface area contributed by atoms with Crippen LogP contribution in [0.4, 0.5) is 5.69 Å². The summed E-state index contributed by atoms with van der Waals surface area (Å²) in [6.07, 6.45) is 0. The normalized spacial score (nSPS) is 10.9. The van der Waals surface area contributed by atoms with Crippen LogP contribution in [-0.4, -0.2) is 16.6 Å². The van der Waals surface area contributed by atoms with Crippen LogP contribution in [0.25, 0.3) is 11.1 Å². The third kappa shape index (κ3) is 4.70. The topological polar surface area (TPSA) is 55.1 Å². The highest BCUT2D eigenvalue weighted by molar-refractivity contribution is 8.00. The van der Waals surface area contributed by atoms with Crippen LogP contribution in [-0.2, 0) is 4.79 Å². The molecule has 0 spiro atoms. The van der Waals surface area contributed by atoms with E-state index >= 15 is 0 Å². The average molecular weight is 427 g/mol. The maximum atomic E-state index is 12.4. The second-order valence-corrected chi connectivity index (χ2v) is 8.32. The predicted octanol–water partition coefficient (Wildman–Crippen LogP) is 6.36. The van der Waals surface area contributed by atoms with Crippen molar-refractivity contribution in [3.05, 3.63) is 77.8 Å². The van der Waals surface area contributed by atoms with Crippen molar-refractivity contribution in [3.63, 3.8) is 0 Å². The molecule has 4 nitrogen and oxygen atoms in total. The Bertz CT molecular complexity index is 1120. The molecule has 1 aromatic heterocycles. The lowest BCUT2D eigenvalue weighted by molar-refractivity contribution is -0.113. The van der Waals surface area contributed by atoms with Crippen molar-refractivity contribution < 1.29 is 9.21 Å². The van der Waals surface area contributed by atoms with Crippen molar-refractivity contribution in [2.45, 2.75) is 15.0 Å². The maximum absolute atomic E-state index is 12.4. The molecule has 4 rings (SSSR count). The summed E-state index contributed by atoms with van der Waals surface area (Å²) in [6.45, 7) is 0. The molecule has 1 N–H and O–H groups in total. The van der Waals surface area contributed by atoms with E-state index in [1.165, 1.54) is 11.8 Å². The van der Waals surface area contributed by atoms with Gasteiger partial charge >= 0.3 is 0 Å². The Morgan fingerprint density at radius 3 is 2.68 bits per heavy atom. The highest BCUT2D eigenvalue weighted by Crippen LogP contribution is 2.33. The minimum absolute atomic E-state index is 0.119. The Hall–Kier alpha value is -2.41. The smallest absolute Gasteiger partial charge is 0.257 e. The van der Waals surface area contributed by atoms with Gasteiger partial charge in [-0.1, -0.05) is 65.5 Å². The summed E-state index contributed by atoms with van der Waals surface area (Å²) in [4.78, 5) is 18.9. The first kappa shape index (κ1) is 18.9. The van der Waals surface area contributed by atoms with Gasteiger partial charge in [0.2, 0.25) is 5.91 Å². The van der Waals surface area contributed by atoms with Crippen LogP contribution >= 0.6 is 35.1 Å². The first-order valence-corrected chi connectivity index (χ1v) is 10.7. The highest BCUT2D eigenvalue weighted by Gasteiger charge is 2.12. The number of carbonyl (C=O) groups excluding carboxylic acids is 1. The molecule has 1 heterocycles. The molecule has 0 aliphatic carbocycles. The second kappa shape index (κ2) is 8.73. The number of fused-ring (bicyclic) bond motifs is 1. The van der Waals surface area contributed by atoms with Gasteiger partial charge in [0.25, 0.3) is 5.22 Å². The van der Waals surface area contributed by atoms with Crippen LogP contribution < -0.4 is 5.32 Å². The number of nitrogens with one attached hydrogen (secondary N) is 1. The number of nitrogens with zero attached hydrogens (tertiary/aromatic N) is 1. The van der Waals surface area contributed by atoms with Crippen LogP contribution in [0.3, 0.4) is 0 Å². The largest absolute Gasteiger partial charge is 0.431 e. The summed E-state index contributed by atoms with van der Waals surface area (Å²) in [5.41, 5.74) is 2.11. The van der Waals surface area contributed by atoms with E-state index in [9.17, 15) is 4.79 Å². The molecule has 0 unspecified atom stereocenters. The van der Waals surface area contributed by atoms with E-state index in [-0.39, 0.29) is 11.7 Å². The van der Waals surface area contributed by atoms with E-state index in [0.717, 1.165) is 15.5 Å². The summed E-state index contributed by atoms with van der Waals surface area (Å²) < 4.78 is 5.64. The molecule has 0 bridgehead atoms. The number of benzene rings is 3. The van der Waals surface area contributed by atoms with Crippen LogP contribution in [0.2, 0.25) is 5.02 Å². The fourth-order valence-electron chi connectivity index (χ4n) is 2.53. The van der Waals surface area contributed by atoms with Gasteiger partial charge in [0.05, 0.1) is 11.4 Å². The van der Waals surface area contributed by atoms with Crippen LogP contribution in [0.1, 0.15) is 0 Å². The van der Waals surface area contributed by atoms with E-state index in [4.69, 9.17) is 16.0 Å². The first-order chi connectivity index (χ1) is 13.7. The number of thioether (sulfide) groups is 1. The Balaban J connectivity index is 1.41. The minimum Gasteiger partial charge on any atom is -0.431 e. The zero-order valence-electron chi connectivity index (χ0n) is 14.6. The molecule has 7 heteroatoms. The number of oxazole rings is 1. The highest BCUT2D eigenvalue weighted by atomic mass is 35.5. The first-order valence-electron chi connectivity index (χ1n) is 8.48. The monoisotopic (exact) mass is 426 g/mol. The zero-order chi connectivity index (χ0) is 19.3. The lowest BCUT2D eigenvalue weighted by Gasteiger charge is -2.10.